The Kier molecular flexibility index (Phi) is 7.22. The highest BCUT2D eigenvalue weighted by Gasteiger charge is 2.40. The van der Waals surface area contributed by atoms with Gasteiger partial charge in [-0.3, -0.25) is 4.90 Å². The fourth-order valence-corrected chi connectivity index (χ4v) is 6.14. The van der Waals surface area contributed by atoms with Gasteiger partial charge < -0.3 is 25.5 Å². The van der Waals surface area contributed by atoms with E-state index in [4.69, 9.17) is 5.73 Å². The summed E-state index contributed by atoms with van der Waals surface area (Å²) >= 11 is 0. The van der Waals surface area contributed by atoms with Crippen LogP contribution in [0, 0.1) is 11.8 Å². The van der Waals surface area contributed by atoms with E-state index in [-0.39, 0.29) is 5.75 Å². The highest BCUT2D eigenvalue weighted by Crippen LogP contribution is 2.38. The van der Waals surface area contributed by atoms with Crippen LogP contribution in [-0.2, 0) is 0 Å². The lowest BCUT2D eigenvalue weighted by atomic mass is 10.1. The normalized spacial score (nSPS) is 21.9. The number of nitrogens with zero attached hydrogens (tertiary/aromatic N) is 7. The molecule has 6 rings (SSSR count). The zero-order valence-corrected chi connectivity index (χ0v) is 22.5. The van der Waals surface area contributed by atoms with Crippen LogP contribution < -0.4 is 15.5 Å². The van der Waals surface area contributed by atoms with Crippen molar-refractivity contribution < 1.29 is 5.11 Å². The molecule has 2 atom stereocenters. The second-order valence-electron chi connectivity index (χ2n) is 10.8. The van der Waals surface area contributed by atoms with Crippen molar-refractivity contribution in [1.29, 1.82) is 0 Å². The van der Waals surface area contributed by atoms with E-state index >= 15 is 0 Å². The summed E-state index contributed by atoms with van der Waals surface area (Å²) in [4.78, 5) is 14.2. The van der Waals surface area contributed by atoms with Crippen LogP contribution in [0.1, 0.15) is 25.0 Å². The molecule has 3 aliphatic heterocycles. The minimum atomic E-state index is 0.183. The molecule has 3 saturated heterocycles. The van der Waals surface area contributed by atoms with Gasteiger partial charge in [-0.2, -0.15) is 0 Å². The van der Waals surface area contributed by atoms with Crippen LogP contribution in [0.25, 0.3) is 11.3 Å². The summed E-state index contributed by atoms with van der Waals surface area (Å²) < 4.78 is 0. The van der Waals surface area contributed by atoms with E-state index in [1.165, 1.54) is 12.1 Å². The molecule has 3 aliphatic rings. The molecular weight excluding hydrogens is 488 g/mol. The molecule has 3 N–H and O–H groups in total. The number of anilines is 3. The maximum absolute atomic E-state index is 10.3. The summed E-state index contributed by atoms with van der Waals surface area (Å²) in [7, 11) is 2.19. The Labute approximate surface area is 230 Å². The van der Waals surface area contributed by atoms with Crippen LogP contribution in [0.15, 0.2) is 48.7 Å². The second-order valence-corrected chi connectivity index (χ2v) is 10.8. The van der Waals surface area contributed by atoms with E-state index in [2.05, 4.69) is 65.8 Å². The number of nitrogens with two attached hydrogens (primary N) is 1. The van der Waals surface area contributed by atoms with Crippen molar-refractivity contribution in [1.82, 2.24) is 25.0 Å². The Morgan fingerprint density at radius 2 is 1.82 bits per heavy atom. The van der Waals surface area contributed by atoms with Crippen molar-refractivity contribution in [3.63, 3.8) is 0 Å². The smallest absolute Gasteiger partial charge is 0.169 e. The van der Waals surface area contributed by atoms with Crippen molar-refractivity contribution in [2.75, 3.05) is 68.4 Å². The number of aromatic nitrogens is 3. The van der Waals surface area contributed by atoms with Crippen molar-refractivity contribution in [3.05, 3.63) is 54.4 Å². The lowest BCUT2D eigenvalue weighted by Gasteiger charge is -2.43. The molecule has 39 heavy (non-hydrogen) atoms. The second kappa shape index (κ2) is 11.1. The van der Waals surface area contributed by atoms with E-state index in [1.807, 2.05) is 24.4 Å². The minimum absolute atomic E-state index is 0.183. The number of hydrogen-bond acceptors (Lipinski definition) is 9. The van der Waals surface area contributed by atoms with Gasteiger partial charge in [0.05, 0.1) is 17.9 Å². The number of piperazine rings is 1. The number of fused-ring (bicyclic) bond motifs is 2. The van der Waals surface area contributed by atoms with Gasteiger partial charge in [-0.15, -0.1) is 10.2 Å². The monoisotopic (exact) mass is 524 g/mol. The maximum Gasteiger partial charge on any atom is 0.169 e. The molecule has 1 aromatic carbocycles. The number of likely N-dealkylation sites (N-methyl/N-ethyl adjacent to an activating group) is 1. The number of para-hydroxylation sites is 1. The van der Waals surface area contributed by atoms with Crippen molar-refractivity contribution >= 4 is 17.2 Å². The average Bonchev–Trinajstić information content (AvgIpc) is 3.07. The number of phenolic OH excluding ortho intramolecular Hbond substituents is 1. The largest absolute Gasteiger partial charge is 0.507 e. The first-order chi connectivity index (χ1) is 19.0. The Morgan fingerprint density at radius 3 is 2.64 bits per heavy atom. The summed E-state index contributed by atoms with van der Waals surface area (Å²) in [5, 5.41) is 18.8. The molecule has 0 spiro atoms. The topological polar surface area (TPSA) is 97.9 Å². The molecule has 0 saturated carbocycles. The summed E-state index contributed by atoms with van der Waals surface area (Å²) in [6.45, 7) is 6.91. The molecule has 0 radical (unpaired) electrons. The number of rotatable bonds is 4. The zero-order valence-electron chi connectivity index (χ0n) is 22.5. The summed E-state index contributed by atoms with van der Waals surface area (Å²) in [6, 6.07) is 14.1. The van der Waals surface area contributed by atoms with E-state index < -0.39 is 0 Å². The molecule has 9 nitrogen and oxygen atoms in total. The van der Waals surface area contributed by atoms with Crippen LogP contribution in [0.5, 0.6) is 5.75 Å². The average molecular weight is 525 g/mol. The molecule has 2 unspecified atom stereocenters. The number of hydrogen-bond donors (Lipinski definition) is 2. The van der Waals surface area contributed by atoms with Crippen LogP contribution >= 0.6 is 0 Å². The van der Waals surface area contributed by atoms with Crippen LogP contribution in [-0.4, -0.2) is 95.0 Å². The summed E-state index contributed by atoms with van der Waals surface area (Å²) in [5.74, 6) is 7.28. The summed E-state index contributed by atoms with van der Waals surface area (Å²) in [6.07, 6.45) is 5.32. The van der Waals surface area contributed by atoms with Crippen LogP contribution in [0.2, 0.25) is 0 Å². The van der Waals surface area contributed by atoms with Gasteiger partial charge in [0, 0.05) is 62.3 Å². The third-order valence-electron chi connectivity index (χ3n) is 8.18. The van der Waals surface area contributed by atoms with Crippen molar-refractivity contribution in [2.45, 2.75) is 31.3 Å². The highest BCUT2D eigenvalue weighted by atomic mass is 16.3. The minimum Gasteiger partial charge on any atom is -0.507 e. The zero-order chi connectivity index (χ0) is 26.8. The quantitative estimate of drug-likeness (QED) is 0.499. The van der Waals surface area contributed by atoms with Gasteiger partial charge in [0.1, 0.15) is 11.4 Å². The van der Waals surface area contributed by atoms with Crippen molar-refractivity contribution in [3.8, 4) is 28.8 Å². The third-order valence-corrected chi connectivity index (χ3v) is 8.18. The number of nitrogen functional groups attached to an aromatic ring is 1. The molecule has 3 fully saturated rings. The Hall–Kier alpha value is -3.87. The predicted octanol–water partition coefficient (Wildman–Crippen LogP) is 2.67. The van der Waals surface area contributed by atoms with E-state index in [1.54, 1.807) is 12.1 Å². The Morgan fingerprint density at radius 1 is 1.00 bits per heavy atom. The van der Waals surface area contributed by atoms with Gasteiger partial charge in [-0.25, -0.2) is 4.98 Å². The van der Waals surface area contributed by atoms with Crippen molar-refractivity contribution in [2.24, 2.45) is 0 Å². The van der Waals surface area contributed by atoms with Crippen LogP contribution in [0.3, 0.4) is 0 Å². The van der Waals surface area contributed by atoms with Gasteiger partial charge in [-0.05, 0) is 69.1 Å². The molecule has 0 amide bonds. The van der Waals surface area contributed by atoms with Crippen LogP contribution in [0.4, 0.5) is 17.2 Å². The molecule has 2 aromatic heterocycles. The lowest BCUT2D eigenvalue weighted by Crippen LogP contribution is -2.54. The van der Waals surface area contributed by atoms with Gasteiger partial charge in [0.15, 0.2) is 5.82 Å². The molecule has 0 aliphatic carbocycles. The van der Waals surface area contributed by atoms with E-state index in [0.717, 1.165) is 70.0 Å². The molecule has 9 heteroatoms. The first-order valence-electron chi connectivity index (χ1n) is 13.9. The molecular formula is C30H36N8O. The lowest BCUT2D eigenvalue weighted by molar-refractivity contribution is 0.303. The van der Waals surface area contributed by atoms with Gasteiger partial charge in [0.2, 0.25) is 0 Å². The number of phenols is 1. The molecule has 2 bridgehead atoms. The number of benzene rings is 1. The molecule has 202 valence electrons. The fraction of sp³-hybridized carbons (Fsp3) is 0.433. The Bertz CT molecular complexity index is 1370. The number of pyridine rings is 1. The SMILES string of the molecule is CN1CCCN(CC#Cc2cc(N3C4CCC3CN(c3cc(-c5ccccc5O)nnc3N)C4)ccn2)CC1. The van der Waals surface area contributed by atoms with E-state index in [9.17, 15) is 5.11 Å². The van der Waals surface area contributed by atoms with Gasteiger partial charge >= 0.3 is 0 Å². The third kappa shape index (κ3) is 5.49. The molecule has 3 aromatic rings. The highest BCUT2D eigenvalue weighted by molar-refractivity contribution is 5.74. The first kappa shape index (κ1) is 25.4. The van der Waals surface area contributed by atoms with Gasteiger partial charge in [-0.1, -0.05) is 18.1 Å². The Balaban J connectivity index is 1.16. The van der Waals surface area contributed by atoms with Gasteiger partial charge in [0.25, 0.3) is 0 Å². The first-order valence-corrected chi connectivity index (χ1v) is 13.9. The predicted molar refractivity (Wildman–Crippen MR) is 155 cm³/mol. The fourth-order valence-electron chi connectivity index (χ4n) is 6.14. The maximum atomic E-state index is 10.3. The van der Waals surface area contributed by atoms with E-state index in [0.29, 0.717) is 29.2 Å². The summed E-state index contributed by atoms with van der Waals surface area (Å²) in [5.41, 5.74) is 10.5. The standard InChI is InChI=1S/C30H36N8O/c1-35-13-5-15-36(17-16-35)14-4-6-22-18-23(11-12-32-22)38-24-9-10-25(38)21-37(20-24)28-19-27(33-34-30(28)31)26-7-2-3-8-29(26)39/h2-3,7-8,11-12,18-19,24-25,39H,5,9-10,13-17,20-21H2,1H3,(H2,31,34). The molecule has 5 heterocycles. The number of aromatic hydroxyl groups is 1.